The maximum Gasteiger partial charge on any atom is 0.249 e. The van der Waals surface area contributed by atoms with Crippen LogP contribution in [0.4, 0.5) is 0 Å². The number of aliphatic hydroxyl groups is 7. The van der Waals surface area contributed by atoms with E-state index in [0.29, 0.717) is 12.8 Å². The van der Waals surface area contributed by atoms with Crippen LogP contribution < -0.4 is 5.32 Å². The Morgan fingerprint density at radius 2 is 0.952 bits per heavy atom. The van der Waals surface area contributed by atoms with Crippen molar-refractivity contribution in [2.45, 2.75) is 281 Å². The maximum atomic E-state index is 13.1. The van der Waals surface area contributed by atoms with E-state index in [2.05, 4.69) is 43.5 Å². The Hall–Kier alpha value is -1.41. The Balaban J connectivity index is 2.40. The number of hydrogen-bond acceptors (Lipinski definition) is 10. The third-order valence-corrected chi connectivity index (χ3v) is 12.5. The van der Waals surface area contributed by atoms with E-state index in [1.807, 2.05) is 0 Å². The van der Waals surface area contributed by atoms with Crippen molar-refractivity contribution in [2.75, 3.05) is 13.2 Å². The summed E-state index contributed by atoms with van der Waals surface area (Å²) >= 11 is 0. The molecule has 0 spiro atoms. The summed E-state index contributed by atoms with van der Waals surface area (Å²) in [7, 11) is 0. The summed E-state index contributed by atoms with van der Waals surface area (Å²) in [4.78, 5) is 13.1. The fourth-order valence-corrected chi connectivity index (χ4v) is 8.20. The van der Waals surface area contributed by atoms with Crippen molar-refractivity contribution in [3.63, 3.8) is 0 Å². The lowest BCUT2D eigenvalue weighted by atomic mass is 9.98. The second-order valence-corrected chi connectivity index (χ2v) is 18.2. The van der Waals surface area contributed by atoms with Crippen molar-refractivity contribution in [3.05, 3.63) is 24.3 Å². The molecule has 11 heteroatoms. The molecule has 8 N–H and O–H groups in total. The average molecular weight is 884 g/mol. The monoisotopic (exact) mass is 884 g/mol. The van der Waals surface area contributed by atoms with Crippen LogP contribution in [0.5, 0.6) is 0 Å². The van der Waals surface area contributed by atoms with E-state index in [9.17, 15) is 40.5 Å². The van der Waals surface area contributed by atoms with Crippen LogP contribution in [-0.2, 0) is 14.3 Å². The Bertz CT molecular complexity index is 1060. The first-order valence-electron chi connectivity index (χ1n) is 25.7. The Kier molecular flexibility index (Phi) is 38.8. The smallest absolute Gasteiger partial charge is 0.249 e. The molecule has 0 saturated carbocycles. The van der Waals surface area contributed by atoms with E-state index in [0.717, 1.165) is 57.8 Å². The Morgan fingerprint density at radius 1 is 0.548 bits per heavy atom. The Labute approximate surface area is 378 Å². The number of carbonyl (C=O) groups is 1. The molecule has 366 valence electrons. The maximum absolute atomic E-state index is 13.1. The van der Waals surface area contributed by atoms with Crippen molar-refractivity contribution in [1.29, 1.82) is 0 Å². The van der Waals surface area contributed by atoms with Gasteiger partial charge in [0.25, 0.3) is 0 Å². The number of hydrogen-bond donors (Lipinski definition) is 8. The lowest BCUT2D eigenvalue weighted by molar-refractivity contribution is -0.303. The van der Waals surface area contributed by atoms with Gasteiger partial charge in [0.1, 0.15) is 36.6 Å². The summed E-state index contributed by atoms with van der Waals surface area (Å²) in [6.45, 7) is 3.42. The second-order valence-electron chi connectivity index (χ2n) is 18.2. The third kappa shape index (κ3) is 29.9. The predicted octanol–water partition coefficient (Wildman–Crippen LogP) is 9.40. The minimum Gasteiger partial charge on any atom is -0.394 e. The molecule has 1 saturated heterocycles. The van der Waals surface area contributed by atoms with E-state index < -0.39 is 74.2 Å². The van der Waals surface area contributed by atoms with E-state index in [1.165, 1.54) is 128 Å². The van der Waals surface area contributed by atoms with Crippen LogP contribution in [0.3, 0.4) is 0 Å². The molecule has 1 fully saturated rings. The van der Waals surface area contributed by atoms with Gasteiger partial charge in [-0.2, -0.15) is 0 Å². The van der Waals surface area contributed by atoms with Crippen LogP contribution in [0, 0.1) is 0 Å². The number of amides is 1. The van der Waals surface area contributed by atoms with Gasteiger partial charge in [-0.05, 0) is 64.2 Å². The molecule has 9 atom stereocenters. The molecule has 0 aliphatic carbocycles. The van der Waals surface area contributed by atoms with Crippen LogP contribution in [0.25, 0.3) is 0 Å². The summed E-state index contributed by atoms with van der Waals surface area (Å²) in [5.41, 5.74) is 0. The largest absolute Gasteiger partial charge is 0.394 e. The normalized spacial score (nSPS) is 21.5. The minimum atomic E-state index is -1.67. The summed E-state index contributed by atoms with van der Waals surface area (Å²) in [6.07, 6.45) is 35.1. The van der Waals surface area contributed by atoms with Gasteiger partial charge >= 0.3 is 0 Å². The number of carbonyl (C=O) groups excluding carboxylic acids is 1. The van der Waals surface area contributed by atoms with Crippen LogP contribution in [-0.4, -0.2) is 110 Å². The lowest BCUT2D eigenvalue weighted by Crippen LogP contribution is -2.60. The van der Waals surface area contributed by atoms with Crippen LogP contribution in [0.15, 0.2) is 24.3 Å². The van der Waals surface area contributed by atoms with Gasteiger partial charge < -0.3 is 50.5 Å². The zero-order valence-electron chi connectivity index (χ0n) is 39.6. The summed E-state index contributed by atoms with van der Waals surface area (Å²) in [5, 5.41) is 75.8. The topological polar surface area (TPSA) is 189 Å². The number of nitrogens with one attached hydrogen (secondary N) is 1. The molecule has 1 rings (SSSR count). The summed E-state index contributed by atoms with van der Waals surface area (Å²) in [5.74, 6) is -0.711. The predicted molar refractivity (Wildman–Crippen MR) is 252 cm³/mol. The summed E-state index contributed by atoms with van der Waals surface area (Å²) in [6, 6.07) is -1.18. The number of ether oxygens (including phenoxy) is 2. The molecule has 1 heterocycles. The van der Waals surface area contributed by atoms with Gasteiger partial charge in [-0.25, -0.2) is 0 Å². The fourth-order valence-electron chi connectivity index (χ4n) is 8.20. The number of allylic oxidation sites excluding steroid dienone is 4. The highest BCUT2D eigenvalue weighted by molar-refractivity contribution is 5.80. The third-order valence-electron chi connectivity index (χ3n) is 12.5. The molecule has 0 aromatic heterocycles. The van der Waals surface area contributed by atoms with E-state index in [1.54, 1.807) is 0 Å². The molecule has 62 heavy (non-hydrogen) atoms. The molecular formula is C51H97NO10. The fraction of sp³-hybridized carbons (Fsp3) is 0.902. The highest BCUT2D eigenvalue weighted by atomic mass is 16.7. The van der Waals surface area contributed by atoms with Crippen LogP contribution in [0.1, 0.15) is 226 Å². The zero-order valence-corrected chi connectivity index (χ0v) is 39.6. The summed E-state index contributed by atoms with van der Waals surface area (Å²) < 4.78 is 11.1. The molecule has 0 bridgehead atoms. The number of aliphatic hydroxyl groups excluding tert-OH is 7. The van der Waals surface area contributed by atoms with Crippen molar-refractivity contribution in [1.82, 2.24) is 5.32 Å². The first-order chi connectivity index (χ1) is 30.2. The lowest BCUT2D eigenvalue weighted by Gasteiger charge is -2.40. The minimum absolute atomic E-state index is 0.247. The first-order valence-corrected chi connectivity index (χ1v) is 25.7. The molecule has 0 aromatic carbocycles. The van der Waals surface area contributed by atoms with Crippen LogP contribution >= 0.6 is 0 Å². The van der Waals surface area contributed by atoms with E-state index in [4.69, 9.17) is 9.47 Å². The van der Waals surface area contributed by atoms with Crippen molar-refractivity contribution < 1.29 is 50.0 Å². The highest BCUT2D eigenvalue weighted by Gasteiger charge is 2.44. The molecule has 1 aliphatic rings. The zero-order chi connectivity index (χ0) is 45.5. The van der Waals surface area contributed by atoms with Crippen LogP contribution in [0.2, 0.25) is 0 Å². The number of rotatable bonds is 43. The van der Waals surface area contributed by atoms with Gasteiger partial charge in [0.15, 0.2) is 6.29 Å². The van der Waals surface area contributed by atoms with Gasteiger partial charge in [-0.1, -0.05) is 186 Å². The van der Waals surface area contributed by atoms with E-state index >= 15 is 0 Å². The molecule has 11 nitrogen and oxygen atoms in total. The molecule has 1 aliphatic heterocycles. The van der Waals surface area contributed by atoms with Gasteiger partial charge in [-0.3, -0.25) is 4.79 Å². The molecule has 0 radical (unpaired) electrons. The Morgan fingerprint density at radius 3 is 1.40 bits per heavy atom. The first kappa shape index (κ1) is 58.6. The van der Waals surface area contributed by atoms with Gasteiger partial charge in [0.05, 0.1) is 25.4 Å². The molecule has 0 aromatic rings. The SMILES string of the molecule is CCCCCC/C=C\CCCCCCCCC(O)C(=O)NC(COC1OC(CO)C(O)C(O)C1O)C(O)C(O)CCC/C=C/CCCCCCCCCCCCCCCCCC. The molecular weight excluding hydrogens is 787 g/mol. The quantitative estimate of drug-likeness (QED) is 0.0216. The number of unbranched alkanes of at least 4 members (excludes halogenated alkanes) is 27. The van der Waals surface area contributed by atoms with E-state index in [-0.39, 0.29) is 12.8 Å². The van der Waals surface area contributed by atoms with Gasteiger partial charge in [-0.15, -0.1) is 0 Å². The van der Waals surface area contributed by atoms with Crippen molar-refractivity contribution in [2.24, 2.45) is 0 Å². The van der Waals surface area contributed by atoms with Crippen molar-refractivity contribution >= 4 is 5.91 Å². The van der Waals surface area contributed by atoms with Gasteiger partial charge in [0.2, 0.25) is 5.91 Å². The average Bonchev–Trinajstić information content (AvgIpc) is 3.27. The second kappa shape index (κ2) is 41.1. The van der Waals surface area contributed by atoms with Crippen molar-refractivity contribution in [3.8, 4) is 0 Å². The molecule has 9 unspecified atom stereocenters. The molecule has 1 amide bonds. The highest BCUT2D eigenvalue weighted by Crippen LogP contribution is 2.23. The standard InChI is InChI=1S/C51H97NO10/c1-3-5-7-9-11-13-15-17-19-20-21-22-23-24-25-27-28-30-32-34-36-38-43(54)46(56)42(41-61-51-49(59)48(58)47(57)45(40-53)62-51)52-50(60)44(55)39-37-35-33-31-29-26-18-16-14-12-10-8-6-4-2/h14,16,30,32,42-49,51,53-59H,3-13,15,17-29,31,33-41H2,1-2H3,(H,52,60)/b16-14-,32-30+. The van der Waals surface area contributed by atoms with Gasteiger partial charge in [0, 0.05) is 0 Å².